The van der Waals surface area contributed by atoms with Crippen molar-refractivity contribution in [3.8, 4) is 22.6 Å². The molecule has 0 N–H and O–H groups in total. The smallest absolute Gasteiger partial charge is 0.150 e. The molecule has 0 unspecified atom stereocenters. The number of rotatable bonds is 7. The van der Waals surface area contributed by atoms with Gasteiger partial charge in [-0.2, -0.15) is 0 Å². The number of hydrogen-bond acceptors (Lipinski definition) is 3. The SMILES string of the molecule is CCOc1cc(C=O)ccc1-c1ccc(F)cc1OCc1ccccc1. The molecule has 3 aromatic rings. The number of ether oxygens (including phenoxy) is 2. The third kappa shape index (κ3) is 4.09. The Bertz CT molecular complexity index is 891. The van der Waals surface area contributed by atoms with Crippen molar-refractivity contribution in [2.75, 3.05) is 6.61 Å². The lowest BCUT2D eigenvalue weighted by atomic mass is 10.0. The molecule has 3 nitrogen and oxygen atoms in total. The second kappa shape index (κ2) is 8.30. The largest absolute Gasteiger partial charge is 0.493 e. The van der Waals surface area contributed by atoms with Gasteiger partial charge >= 0.3 is 0 Å². The van der Waals surface area contributed by atoms with E-state index in [1.165, 1.54) is 12.1 Å². The molecule has 132 valence electrons. The average molecular weight is 350 g/mol. The molecule has 3 rings (SSSR count). The predicted molar refractivity (Wildman–Crippen MR) is 99.2 cm³/mol. The maximum atomic E-state index is 13.8. The molecular formula is C22H19FO3. The van der Waals surface area contributed by atoms with Crippen molar-refractivity contribution in [3.63, 3.8) is 0 Å². The van der Waals surface area contributed by atoms with E-state index in [0.717, 1.165) is 17.4 Å². The molecule has 3 aromatic carbocycles. The fourth-order valence-corrected chi connectivity index (χ4v) is 2.68. The van der Waals surface area contributed by atoms with Crippen molar-refractivity contribution in [3.05, 3.63) is 83.7 Å². The molecule has 26 heavy (non-hydrogen) atoms. The summed E-state index contributed by atoms with van der Waals surface area (Å²) >= 11 is 0. The molecule has 0 amide bonds. The van der Waals surface area contributed by atoms with E-state index in [-0.39, 0.29) is 5.82 Å². The van der Waals surface area contributed by atoms with Gasteiger partial charge in [0.2, 0.25) is 0 Å². The summed E-state index contributed by atoms with van der Waals surface area (Å²) in [6.07, 6.45) is 0.768. The molecule has 0 bridgehead atoms. The summed E-state index contributed by atoms with van der Waals surface area (Å²) in [5.41, 5.74) is 2.97. The molecule has 0 atom stereocenters. The first-order chi connectivity index (χ1) is 12.7. The van der Waals surface area contributed by atoms with Crippen LogP contribution >= 0.6 is 0 Å². The number of halogens is 1. The highest BCUT2D eigenvalue weighted by molar-refractivity contribution is 5.82. The number of benzene rings is 3. The Labute approximate surface area is 152 Å². The van der Waals surface area contributed by atoms with Crippen LogP contribution in [0.5, 0.6) is 11.5 Å². The highest BCUT2D eigenvalue weighted by atomic mass is 19.1. The van der Waals surface area contributed by atoms with E-state index < -0.39 is 0 Å². The summed E-state index contributed by atoms with van der Waals surface area (Å²) in [7, 11) is 0. The zero-order chi connectivity index (χ0) is 18.4. The van der Waals surface area contributed by atoms with Gasteiger partial charge in [0.15, 0.2) is 0 Å². The van der Waals surface area contributed by atoms with Gasteiger partial charge in [-0.3, -0.25) is 4.79 Å². The van der Waals surface area contributed by atoms with Crippen molar-refractivity contribution in [2.24, 2.45) is 0 Å². The van der Waals surface area contributed by atoms with Gasteiger partial charge in [-0.15, -0.1) is 0 Å². The number of hydrogen-bond donors (Lipinski definition) is 0. The first kappa shape index (κ1) is 17.7. The topological polar surface area (TPSA) is 35.5 Å². The van der Waals surface area contributed by atoms with Gasteiger partial charge in [0, 0.05) is 22.8 Å². The van der Waals surface area contributed by atoms with Crippen LogP contribution in [0.1, 0.15) is 22.8 Å². The minimum absolute atomic E-state index is 0.327. The Balaban J connectivity index is 1.98. The molecule has 0 saturated heterocycles. The third-order valence-electron chi connectivity index (χ3n) is 3.91. The summed E-state index contributed by atoms with van der Waals surface area (Å²) in [6.45, 7) is 2.65. The molecule has 0 aliphatic carbocycles. The first-order valence-electron chi connectivity index (χ1n) is 8.40. The van der Waals surface area contributed by atoms with E-state index in [1.807, 2.05) is 37.3 Å². The Morgan fingerprint density at radius 3 is 2.27 bits per heavy atom. The maximum absolute atomic E-state index is 13.8. The van der Waals surface area contributed by atoms with Gasteiger partial charge < -0.3 is 9.47 Å². The molecule has 0 saturated carbocycles. The minimum Gasteiger partial charge on any atom is -0.493 e. The Kier molecular flexibility index (Phi) is 5.64. The van der Waals surface area contributed by atoms with Gasteiger partial charge in [0.25, 0.3) is 0 Å². The van der Waals surface area contributed by atoms with E-state index >= 15 is 0 Å². The zero-order valence-corrected chi connectivity index (χ0v) is 14.4. The molecule has 4 heteroatoms. The predicted octanol–water partition coefficient (Wildman–Crippen LogP) is 5.28. The van der Waals surface area contributed by atoms with Gasteiger partial charge in [0.1, 0.15) is 30.2 Å². The van der Waals surface area contributed by atoms with Crippen molar-refractivity contribution in [1.82, 2.24) is 0 Å². The minimum atomic E-state index is -0.376. The lowest BCUT2D eigenvalue weighted by molar-refractivity contribution is 0.112. The van der Waals surface area contributed by atoms with Crippen molar-refractivity contribution in [1.29, 1.82) is 0 Å². The van der Waals surface area contributed by atoms with E-state index in [4.69, 9.17) is 9.47 Å². The van der Waals surface area contributed by atoms with E-state index in [2.05, 4.69) is 0 Å². The summed E-state index contributed by atoms with van der Waals surface area (Å²) < 4.78 is 25.4. The van der Waals surface area contributed by atoms with Crippen LogP contribution in [-0.4, -0.2) is 12.9 Å². The van der Waals surface area contributed by atoms with Crippen molar-refractivity contribution in [2.45, 2.75) is 13.5 Å². The molecule has 0 aliphatic heterocycles. The summed E-state index contributed by atoms with van der Waals surface area (Å²) in [6, 6.07) is 19.3. The number of carbonyl (C=O) groups is 1. The maximum Gasteiger partial charge on any atom is 0.150 e. The summed E-state index contributed by atoms with van der Waals surface area (Å²) in [5.74, 6) is 0.612. The van der Waals surface area contributed by atoms with E-state index in [0.29, 0.717) is 35.8 Å². The second-order valence-corrected chi connectivity index (χ2v) is 5.72. The standard InChI is InChI=1S/C22H19FO3/c1-2-25-21-12-17(14-24)8-10-19(21)20-11-9-18(23)13-22(20)26-15-16-6-4-3-5-7-16/h3-14H,2,15H2,1H3. The van der Waals surface area contributed by atoms with Crippen molar-refractivity contribution >= 4 is 6.29 Å². The molecule has 0 fully saturated rings. The first-order valence-corrected chi connectivity index (χ1v) is 8.40. The van der Waals surface area contributed by atoms with Crippen LogP contribution in [0.3, 0.4) is 0 Å². The molecule has 0 heterocycles. The van der Waals surface area contributed by atoms with Crippen LogP contribution in [0.15, 0.2) is 66.7 Å². The molecule has 0 spiro atoms. The van der Waals surface area contributed by atoms with Crippen LogP contribution in [0.2, 0.25) is 0 Å². The van der Waals surface area contributed by atoms with Gasteiger partial charge in [-0.05, 0) is 36.8 Å². The number of aldehydes is 1. The normalized spacial score (nSPS) is 10.4. The van der Waals surface area contributed by atoms with Gasteiger partial charge in [-0.1, -0.05) is 36.4 Å². The summed E-state index contributed by atoms with van der Waals surface area (Å²) in [4.78, 5) is 11.1. The lowest BCUT2D eigenvalue weighted by Crippen LogP contribution is -2.00. The quantitative estimate of drug-likeness (QED) is 0.544. The van der Waals surface area contributed by atoms with Crippen LogP contribution in [0.4, 0.5) is 4.39 Å². The highest BCUT2D eigenvalue weighted by Gasteiger charge is 2.14. The van der Waals surface area contributed by atoms with Gasteiger partial charge in [-0.25, -0.2) is 4.39 Å². The summed E-state index contributed by atoms with van der Waals surface area (Å²) in [5, 5.41) is 0. The van der Waals surface area contributed by atoms with E-state index in [9.17, 15) is 9.18 Å². The fraction of sp³-hybridized carbons (Fsp3) is 0.136. The average Bonchev–Trinajstić information content (AvgIpc) is 2.68. The second-order valence-electron chi connectivity index (χ2n) is 5.72. The van der Waals surface area contributed by atoms with E-state index in [1.54, 1.807) is 24.3 Å². The third-order valence-corrected chi connectivity index (χ3v) is 3.91. The molecule has 0 aromatic heterocycles. The zero-order valence-electron chi connectivity index (χ0n) is 14.4. The monoisotopic (exact) mass is 350 g/mol. The fourth-order valence-electron chi connectivity index (χ4n) is 2.68. The Morgan fingerprint density at radius 1 is 0.885 bits per heavy atom. The van der Waals surface area contributed by atoms with Crippen LogP contribution in [-0.2, 0) is 6.61 Å². The van der Waals surface area contributed by atoms with Gasteiger partial charge in [0.05, 0.1) is 6.61 Å². The highest BCUT2D eigenvalue weighted by Crippen LogP contribution is 2.37. The molecule has 0 radical (unpaired) electrons. The van der Waals surface area contributed by atoms with Crippen LogP contribution in [0, 0.1) is 5.82 Å². The Hall–Kier alpha value is -3.14. The van der Waals surface area contributed by atoms with Crippen molar-refractivity contribution < 1.29 is 18.7 Å². The van der Waals surface area contributed by atoms with Crippen LogP contribution in [0.25, 0.3) is 11.1 Å². The number of carbonyl (C=O) groups excluding carboxylic acids is 1. The van der Waals surface area contributed by atoms with Crippen LogP contribution < -0.4 is 9.47 Å². The lowest BCUT2D eigenvalue weighted by Gasteiger charge is -2.15. The molecular weight excluding hydrogens is 331 g/mol. The Morgan fingerprint density at radius 2 is 1.58 bits per heavy atom. The molecule has 0 aliphatic rings.